The van der Waals surface area contributed by atoms with Gasteiger partial charge in [0.2, 0.25) is 5.91 Å². The minimum Gasteiger partial charge on any atom is -0.352 e. The second-order valence-corrected chi connectivity index (χ2v) is 3.90. The molecule has 76 valence electrons. The van der Waals surface area contributed by atoms with Crippen LogP contribution in [0.15, 0.2) is 0 Å². The van der Waals surface area contributed by atoms with Gasteiger partial charge in [-0.3, -0.25) is 4.79 Å². The molecule has 13 heavy (non-hydrogen) atoms. The second-order valence-electron chi connectivity index (χ2n) is 3.90. The van der Waals surface area contributed by atoms with Crippen molar-refractivity contribution < 1.29 is 4.79 Å². The van der Waals surface area contributed by atoms with Crippen LogP contribution in [0, 0.1) is 5.92 Å². The molecule has 1 rings (SSSR count). The maximum atomic E-state index is 11.0. The number of carbonyl (C=O) groups excluding carboxylic acids is 1. The molecule has 0 spiro atoms. The Labute approximate surface area is 80.1 Å². The lowest BCUT2D eigenvalue weighted by Crippen LogP contribution is -2.40. The number of hydrogen-bond donors (Lipinski definition) is 2. The fourth-order valence-corrected chi connectivity index (χ4v) is 2.00. The van der Waals surface area contributed by atoms with Crippen LogP contribution in [0.25, 0.3) is 0 Å². The van der Waals surface area contributed by atoms with E-state index in [1.165, 1.54) is 19.3 Å². The minimum absolute atomic E-state index is 0.0139. The molecule has 0 unspecified atom stereocenters. The summed E-state index contributed by atoms with van der Waals surface area (Å²) in [6.07, 6.45) is 6.05. The normalized spacial score (nSPS) is 28.5. The van der Waals surface area contributed by atoms with Gasteiger partial charge in [-0.25, -0.2) is 0 Å². The summed E-state index contributed by atoms with van der Waals surface area (Å²) in [5, 5.41) is 2.95. The zero-order chi connectivity index (χ0) is 9.68. The van der Waals surface area contributed by atoms with Gasteiger partial charge in [-0.15, -0.1) is 0 Å². The van der Waals surface area contributed by atoms with Crippen molar-refractivity contribution in [2.75, 3.05) is 6.54 Å². The van der Waals surface area contributed by atoms with Crippen molar-refractivity contribution in [3.63, 3.8) is 0 Å². The zero-order valence-electron chi connectivity index (χ0n) is 8.38. The average Bonchev–Trinajstić information content (AvgIpc) is 2.19. The quantitative estimate of drug-likeness (QED) is 0.688. The smallest absolute Gasteiger partial charge is 0.233 e. The molecule has 3 nitrogen and oxygen atoms in total. The van der Waals surface area contributed by atoms with Crippen LogP contribution in [0.4, 0.5) is 0 Å². The van der Waals surface area contributed by atoms with Crippen molar-refractivity contribution in [2.45, 2.75) is 45.1 Å². The monoisotopic (exact) mass is 184 g/mol. The van der Waals surface area contributed by atoms with E-state index in [1.54, 1.807) is 0 Å². The van der Waals surface area contributed by atoms with Gasteiger partial charge >= 0.3 is 0 Å². The molecule has 0 aromatic carbocycles. The standard InChI is InChI=1S/C10H20N2O/c1-2-8-3-5-9(6-4-8)12-10(13)7-11/h8-9H,2-7,11H2,1H3,(H,12,13). The number of hydrogen-bond acceptors (Lipinski definition) is 2. The summed E-state index contributed by atoms with van der Waals surface area (Å²) in [6.45, 7) is 2.36. The first-order chi connectivity index (χ1) is 6.26. The summed E-state index contributed by atoms with van der Waals surface area (Å²) >= 11 is 0. The van der Waals surface area contributed by atoms with Crippen molar-refractivity contribution in [3.8, 4) is 0 Å². The number of amides is 1. The Kier molecular flexibility index (Phi) is 4.22. The predicted octanol–water partition coefficient (Wildman–Crippen LogP) is 1.03. The van der Waals surface area contributed by atoms with Crippen LogP contribution in [0.1, 0.15) is 39.0 Å². The van der Waals surface area contributed by atoms with Crippen LogP contribution >= 0.6 is 0 Å². The van der Waals surface area contributed by atoms with E-state index in [-0.39, 0.29) is 12.5 Å². The number of rotatable bonds is 3. The van der Waals surface area contributed by atoms with Crippen LogP contribution in [0.5, 0.6) is 0 Å². The number of nitrogens with two attached hydrogens (primary N) is 1. The van der Waals surface area contributed by atoms with Crippen molar-refractivity contribution in [1.82, 2.24) is 5.32 Å². The fraction of sp³-hybridized carbons (Fsp3) is 0.900. The second kappa shape index (κ2) is 5.22. The van der Waals surface area contributed by atoms with Gasteiger partial charge in [-0.2, -0.15) is 0 Å². The highest BCUT2D eigenvalue weighted by Gasteiger charge is 2.20. The van der Waals surface area contributed by atoms with Gasteiger partial charge < -0.3 is 11.1 Å². The lowest BCUT2D eigenvalue weighted by atomic mass is 9.84. The topological polar surface area (TPSA) is 55.1 Å². The molecule has 0 heterocycles. The molecule has 1 aliphatic carbocycles. The van der Waals surface area contributed by atoms with Crippen LogP contribution in [-0.2, 0) is 4.79 Å². The summed E-state index contributed by atoms with van der Waals surface area (Å²) in [6, 6.07) is 0.388. The van der Waals surface area contributed by atoms with E-state index in [9.17, 15) is 4.79 Å². The zero-order valence-corrected chi connectivity index (χ0v) is 8.38. The summed E-state index contributed by atoms with van der Waals surface area (Å²) in [5.74, 6) is 0.867. The molecule has 0 atom stereocenters. The Morgan fingerprint density at radius 2 is 2.00 bits per heavy atom. The molecule has 3 heteroatoms. The third-order valence-electron chi connectivity index (χ3n) is 2.97. The van der Waals surface area contributed by atoms with E-state index in [1.807, 2.05) is 0 Å². The first-order valence-corrected chi connectivity index (χ1v) is 5.25. The Morgan fingerprint density at radius 3 is 2.46 bits per heavy atom. The van der Waals surface area contributed by atoms with Crippen LogP contribution < -0.4 is 11.1 Å². The Balaban J connectivity index is 2.21. The van der Waals surface area contributed by atoms with E-state index < -0.39 is 0 Å². The van der Waals surface area contributed by atoms with Crippen molar-refractivity contribution in [2.24, 2.45) is 11.7 Å². The van der Waals surface area contributed by atoms with Gasteiger partial charge in [0.05, 0.1) is 6.54 Å². The molecule has 1 fully saturated rings. The first-order valence-electron chi connectivity index (χ1n) is 5.25. The van der Waals surface area contributed by atoms with E-state index in [2.05, 4.69) is 12.2 Å². The highest BCUT2D eigenvalue weighted by Crippen LogP contribution is 2.26. The van der Waals surface area contributed by atoms with E-state index in [0.717, 1.165) is 18.8 Å². The lowest BCUT2D eigenvalue weighted by molar-refractivity contribution is -0.120. The lowest BCUT2D eigenvalue weighted by Gasteiger charge is -2.28. The third kappa shape index (κ3) is 3.35. The third-order valence-corrected chi connectivity index (χ3v) is 2.97. The molecule has 1 amide bonds. The molecule has 0 saturated heterocycles. The van der Waals surface area contributed by atoms with Gasteiger partial charge in [-0.1, -0.05) is 13.3 Å². The Bertz CT molecular complexity index is 162. The molecule has 3 N–H and O–H groups in total. The van der Waals surface area contributed by atoms with Gasteiger partial charge in [0, 0.05) is 6.04 Å². The van der Waals surface area contributed by atoms with Crippen molar-refractivity contribution >= 4 is 5.91 Å². The van der Waals surface area contributed by atoms with Crippen LogP contribution in [0.2, 0.25) is 0 Å². The molecule has 1 saturated carbocycles. The molecular formula is C10H20N2O. The average molecular weight is 184 g/mol. The van der Waals surface area contributed by atoms with E-state index >= 15 is 0 Å². The first kappa shape index (κ1) is 10.5. The van der Waals surface area contributed by atoms with Gasteiger partial charge in [0.1, 0.15) is 0 Å². The molecule has 1 aliphatic rings. The van der Waals surface area contributed by atoms with Crippen LogP contribution in [-0.4, -0.2) is 18.5 Å². The molecule has 0 aromatic rings. The SMILES string of the molecule is CCC1CCC(NC(=O)CN)CC1. The maximum Gasteiger partial charge on any atom is 0.233 e. The molecule has 0 aromatic heterocycles. The highest BCUT2D eigenvalue weighted by molar-refractivity contribution is 5.78. The van der Waals surface area contributed by atoms with Crippen LogP contribution in [0.3, 0.4) is 0 Å². The number of nitrogens with one attached hydrogen (secondary N) is 1. The molecule has 0 aliphatic heterocycles. The maximum absolute atomic E-state index is 11.0. The van der Waals surface area contributed by atoms with Gasteiger partial charge in [-0.05, 0) is 31.6 Å². The predicted molar refractivity (Wildman–Crippen MR) is 53.2 cm³/mol. The Morgan fingerprint density at radius 1 is 1.38 bits per heavy atom. The van der Waals surface area contributed by atoms with E-state index in [0.29, 0.717) is 6.04 Å². The van der Waals surface area contributed by atoms with Gasteiger partial charge in [0.25, 0.3) is 0 Å². The summed E-state index contributed by atoms with van der Waals surface area (Å²) in [5.41, 5.74) is 5.23. The van der Waals surface area contributed by atoms with E-state index in [4.69, 9.17) is 5.73 Å². The van der Waals surface area contributed by atoms with Crippen molar-refractivity contribution in [3.05, 3.63) is 0 Å². The fourth-order valence-electron chi connectivity index (χ4n) is 2.00. The highest BCUT2D eigenvalue weighted by atomic mass is 16.1. The largest absolute Gasteiger partial charge is 0.352 e. The Hall–Kier alpha value is -0.570. The summed E-state index contributed by atoms with van der Waals surface area (Å²) in [7, 11) is 0. The minimum atomic E-state index is -0.0139. The summed E-state index contributed by atoms with van der Waals surface area (Å²) in [4.78, 5) is 11.0. The summed E-state index contributed by atoms with van der Waals surface area (Å²) < 4.78 is 0. The van der Waals surface area contributed by atoms with Crippen molar-refractivity contribution in [1.29, 1.82) is 0 Å². The number of carbonyl (C=O) groups is 1. The van der Waals surface area contributed by atoms with Gasteiger partial charge in [0.15, 0.2) is 0 Å². The molecular weight excluding hydrogens is 164 g/mol. The molecule has 0 bridgehead atoms. The molecule has 0 radical (unpaired) electrons.